The first-order valence-electron chi connectivity index (χ1n) is 9.38. The van der Waals surface area contributed by atoms with E-state index in [0.29, 0.717) is 13.2 Å². The summed E-state index contributed by atoms with van der Waals surface area (Å²) in [5, 5.41) is 6.71. The number of aliphatic imine (C=N–C) groups is 1. The summed E-state index contributed by atoms with van der Waals surface area (Å²) in [6.45, 7) is 6.22. The highest BCUT2D eigenvalue weighted by atomic mass is 127. The Hall–Kier alpha value is -1.80. The van der Waals surface area contributed by atoms with Gasteiger partial charge in [0.25, 0.3) is 0 Å². The van der Waals surface area contributed by atoms with E-state index in [1.54, 1.807) is 14.2 Å². The average molecular weight is 497 g/mol. The zero-order valence-corrected chi connectivity index (χ0v) is 19.5. The molecule has 0 heterocycles. The molecule has 2 rings (SSSR count). The zero-order chi connectivity index (χ0) is 19.5. The first-order chi connectivity index (χ1) is 13.1. The molecule has 0 aromatic heterocycles. The summed E-state index contributed by atoms with van der Waals surface area (Å²) in [6, 6.07) is 16.5. The molecular weight excluding hydrogens is 465 g/mol. The van der Waals surface area contributed by atoms with Crippen LogP contribution in [0, 0.1) is 0 Å². The van der Waals surface area contributed by atoms with Gasteiger partial charge in [0.15, 0.2) is 5.96 Å². The van der Waals surface area contributed by atoms with Crippen LogP contribution in [-0.2, 0) is 24.3 Å². The number of guanidine groups is 1. The van der Waals surface area contributed by atoms with Crippen LogP contribution in [0.2, 0.25) is 0 Å². The highest BCUT2D eigenvalue weighted by molar-refractivity contribution is 14.0. The van der Waals surface area contributed by atoms with Crippen LogP contribution < -0.4 is 15.4 Å². The molecule has 6 heteroatoms. The molecular formula is C22H32IN3O2. The minimum Gasteiger partial charge on any atom is -0.496 e. The van der Waals surface area contributed by atoms with E-state index in [9.17, 15) is 0 Å². The number of para-hydroxylation sites is 1. The molecule has 0 atom stereocenters. The quantitative estimate of drug-likeness (QED) is 0.311. The number of nitrogens with one attached hydrogen (secondary N) is 2. The summed E-state index contributed by atoms with van der Waals surface area (Å²) in [7, 11) is 3.48. The van der Waals surface area contributed by atoms with Crippen LogP contribution in [0.3, 0.4) is 0 Å². The Labute approximate surface area is 186 Å². The molecule has 0 saturated heterocycles. The Bertz CT molecular complexity index is 735. The van der Waals surface area contributed by atoms with Crippen LogP contribution in [-0.4, -0.2) is 32.8 Å². The lowest BCUT2D eigenvalue weighted by molar-refractivity contribution is 0.0657. The van der Waals surface area contributed by atoms with Crippen LogP contribution in [0.15, 0.2) is 53.5 Å². The lowest BCUT2D eigenvalue weighted by Crippen LogP contribution is -2.37. The van der Waals surface area contributed by atoms with E-state index in [1.807, 2.05) is 32.0 Å². The van der Waals surface area contributed by atoms with Crippen LogP contribution >= 0.6 is 24.0 Å². The molecule has 2 aromatic rings. The van der Waals surface area contributed by atoms with Gasteiger partial charge in [-0.2, -0.15) is 0 Å². The van der Waals surface area contributed by atoms with Crippen molar-refractivity contribution in [1.29, 1.82) is 0 Å². The van der Waals surface area contributed by atoms with Gasteiger partial charge in [-0.3, -0.25) is 4.99 Å². The van der Waals surface area contributed by atoms with Gasteiger partial charge in [0.1, 0.15) is 5.75 Å². The molecule has 154 valence electrons. The van der Waals surface area contributed by atoms with Crippen molar-refractivity contribution in [2.75, 3.05) is 20.7 Å². The van der Waals surface area contributed by atoms with E-state index in [1.165, 1.54) is 16.7 Å². The van der Waals surface area contributed by atoms with Gasteiger partial charge in [-0.25, -0.2) is 0 Å². The van der Waals surface area contributed by atoms with Gasteiger partial charge in [-0.15, -0.1) is 24.0 Å². The predicted molar refractivity (Wildman–Crippen MR) is 127 cm³/mol. The topological polar surface area (TPSA) is 54.9 Å². The summed E-state index contributed by atoms with van der Waals surface area (Å²) in [6.07, 6.45) is 1.10. The van der Waals surface area contributed by atoms with Gasteiger partial charge >= 0.3 is 0 Å². The standard InChI is InChI=1S/C22H31N3O2.HI/c1-17(2)27-16-19-9-7-8-18(14-19)15-25-22(23-3)24-13-12-20-10-5-6-11-21(20)26-4;/h5-11,14,17H,12-13,15-16H2,1-4H3,(H2,23,24,25);1H. The summed E-state index contributed by atoms with van der Waals surface area (Å²) in [5.74, 6) is 1.71. The van der Waals surface area contributed by atoms with Crippen LogP contribution in [0.25, 0.3) is 0 Å². The van der Waals surface area contributed by atoms with Crippen molar-refractivity contribution in [1.82, 2.24) is 10.6 Å². The van der Waals surface area contributed by atoms with Crippen molar-refractivity contribution in [3.63, 3.8) is 0 Å². The first-order valence-corrected chi connectivity index (χ1v) is 9.38. The van der Waals surface area contributed by atoms with E-state index >= 15 is 0 Å². The number of halogens is 1. The van der Waals surface area contributed by atoms with Crippen molar-refractivity contribution in [2.24, 2.45) is 4.99 Å². The largest absolute Gasteiger partial charge is 0.496 e. The molecule has 2 aromatic carbocycles. The number of nitrogens with zero attached hydrogens (tertiary/aromatic N) is 1. The fraction of sp³-hybridized carbons (Fsp3) is 0.409. The summed E-state index contributed by atoms with van der Waals surface area (Å²) in [5.41, 5.74) is 3.57. The number of methoxy groups -OCH3 is 1. The zero-order valence-electron chi connectivity index (χ0n) is 17.2. The summed E-state index contributed by atoms with van der Waals surface area (Å²) < 4.78 is 11.1. The molecule has 2 N–H and O–H groups in total. The van der Waals surface area contributed by atoms with Gasteiger partial charge in [0.05, 0.1) is 19.8 Å². The van der Waals surface area contributed by atoms with Crippen molar-refractivity contribution in [2.45, 2.75) is 39.5 Å². The molecule has 0 spiro atoms. The molecule has 0 aliphatic carbocycles. The van der Waals surface area contributed by atoms with Gasteiger partial charge in [0.2, 0.25) is 0 Å². The highest BCUT2D eigenvalue weighted by Crippen LogP contribution is 2.17. The monoisotopic (exact) mass is 497 g/mol. The molecule has 0 aliphatic rings. The first kappa shape index (κ1) is 24.2. The molecule has 0 aliphatic heterocycles. The molecule has 0 amide bonds. The van der Waals surface area contributed by atoms with E-state index < -0.39 is 0 Å². The Morgan fingerprint density at radius 2 is 1.79 bits per heavy atom. The molecule has 0 unspecified atom stereocenters. The number of hydrogen-bond donors (Lipinski definition) is 2. The molecule has 0 bridgehead atoms. The SMILES string of the molecule is CN=C(NCCc1ccccc1OC)NCc1cccc(COC(C)C)c1.I. The molecule has 28 heavy (non-hydrogen) atoms. The number of rotatable bonds is 9. The van der Waals surface area contributed by atoms with Crippen LogP contribution in [0.1, 0.15) is 30.5 Å². The van der Waals surface area contributed by atoms with Gasteiger partial charge in [-0.1, -0.05) is 42.5 Å². The molecule has 0 fully saturated rings. The predicted octanol–water partition coefficient (Wildman–Crippen LogP) is 4.15. The third kappa shape index (κ3) is 8.48. The fourth-order valence-corrected chi connectivity index (χ4v) is 2.72. The molecule has 0 radical (unpaired) electrons. The third-order valence-corrected chi connectivity index (χ3v) is 4.14. The third-order valence-electron chi connectivity index (χ3n) is 4.14. The van der Waals surface area contributed by atoms with Crippen molar-refractivity contribution in [3.05, 3.63) is 65.2 Å². The smallest absolute Gasteiger partial charge is 0.191 e. The average Bonchev–Trinajstić information content (AvgIpc) is 2.69. The van der Waals surface area contributed by atoms with Crippen molar-refractivity contribution >= 4 is 29.9 Å². The number of hydrogen-bond acceptors (Lipinski definition) is 3. The second-order valence-electron chi connectivity index (χ2n) is 6.59. The summed E-state index contributed by atoms with van der Waals surface area (Å²) in [4.78, 5) is 4.30. The maximum absolute atomic E-state index is 5.68. The van der Waals surface area contributed by atoms with Crippen molar-refractivity contribution < 1.29 is 9.47 Å². The maximum Gasteiger partial charge on any atom is 0.191 e. The van der Waals surface area contributed by atoms with Crippen LogP contribution in [0.4, 0.5) is 0 Å². The van der Waals surface area contributed by atoms with E-state index in [2.05, 4.69) is 46.0 Å². The number of ether oxygens (including phenoxy) is 2. The molecule has 5 nitrogen and oxygen atoms in total. The Morgan fingerprint density at radius 1 is 1.04 bits per heavy atom. The normalized spacial score (nSPS) is 11.1. The minimum absolute atomic E-state index is 0. The van der Waals surface area contributed by atoms with Crippen LogP contribution in [0.5, 0.6) is 5.75 Å². The van der Waals surface area contributed by atoms with E-state index in [0.717, 1.165) is 24.7 Å². The lowest BCUT2D eigenvalue weighted by Gasteiger charge is -2.14. The van der Waals surface area contributed by atoms with E-state index in [4.69, 9.17) is 9.47 Å². The van der Waals surface area contributed by atoms with Gasteiger partial charge < -0.3 is 20.1 Å². The fourth-order valence-electron chi connectivity index (χ4n) is 2.72. The van der Waals surface area contributed by atoms with Gasteiger partial charge in [-0.05, 0) is 43.0 Å². The Balaban J connectivity index is 0.00000392. The minimum atomic E-state index is 0. The van der Waals surface area contributed by atoms with Gasteiger partial charge in [0, 0.05) is 20.1 Å². The second-order valence-corrected chi connectivity index (χ2v) is 6.59. The number of benzene rings is 2. The highest BCUT2D eigenvalue weighted by Gasteiger charge is 2.04. The Morgan fingerprint density at radius 3 is 2.50 bits per heavy atom. The molecule has 0 saturated carbocycles. The van der Waals surface area contributed by atoms with E-state index in [-0.39, 0.29) is 30.1 Å². The maximum atomic E-state index is 5.68. The summed E-state index contributed by atoms with van der Waals surface area (Å²) >= 11 is 0. The second kappa shape index (κ2) is 13.4. The Kier molecular flexibility index (Phi) is 11.6. The lowest BCUT2D eigenvalue weighted by atomic mass is 10.1. The van der Waals surface area contributed by atoms with Crippen molar-refractivity contribution in [3.8, 4) is 5.75 Å².